The van der Waals surface area contributed by atoms with Gasteiger partial charge in [-0.3, -0.25) is 14.4 Å². The molecule has 8 nitrogen and oxygen atoms in total. The van der Waals surface area contributed by atoms with Crippen LogP contribution in [0.4, 0.5) is 0 Å². The van der Waals surface area contributed by atoms with Crippen molar-refractivity contribution in [3.05, 3.63) is 58.6 Å². The van der Waals surface area contributed by atoms with Gasteiger partial charge in [-0.1, -0.05) is 23.8 Å². The summed E-state index contributed by atoms with van der Waals surface area (Å²) in [7, 11) is 0. The summed E-state index contributed by atoms with van der Waals surface area (Å²) in [6.07, 6.45) is 1.76. The number of thiazole rings is 1. The first-order chi connectivity index (χ1) is 17.0. The third kappa shape index (κ3) is 6.79. The van der Waals surface area contributed by atoms with E-state index in [4.69, 9.17) is 4.74 Å². The molecule has 0 bridgehead atoms. The molecule has 4 rings (SSSR count). The van der Waals surface area contributed by atoms with Crippen LogP contribution in [0.1, 0.15) is 40.2 Å². The average Bonchev–Trinajstić information content (AvgIpc) is 3.27. The Labute approximate surface area is 208 Å². The van der Waals surface area contributed by atoms with E-state index in [1.807, 2.05) is 37.3 Å². The molecule has 3 amide bonds. The fraction of sp³-hybridized carbons (Fsp3) is 0.385. The molecule has 35 heavy (non-hydrogen) atoms. The van der Waals surface area contributed by atoms with Crippen LogP contribution in [0.15, 0.2) is 42.5 Å². The Kier molecular flexibility index (Phi) is 8.31. The minimum atomic E-state index is -0.246. The summed E-state index contributed by atoms with van der Waals surface area (Å²) in [5, 5.41) is 6.68. The number of aryl methyl sites for hydroxylation is 2. The summed E-state index contributed by atoms with van der Waals surface area (Å²) < 4.78 is 6.86. The van der Waals surface area contributed by atoms with Crippen LogP contribution >= 0.6 is 11.3 Å². The molecule has 0 saturated carbocycles. The van der Waals surface area contributed by atoms with Crippen molar-refractivity contribution < 1.29 is 19.1 Å². The van der Waals surface area contributed by atoms with Gasteiger partial charge < -0.3 is 20.3 Å². The van der Waals surface area contributed by atoms with Gasteiger partial charge in [0.2, 0.25) is 11.8 Å². The third-order valence-electron chi connectivity index (χ3n) is 5.80. The Morgan fingerprint density at radius 3 is 2.83 bits per heavy atom. The number of hydrogen-bond donors (Lipinski definition) is 2. The molecule has 0 atom stereocenters. The molecule has 2 aromatic carbocycles. The highest BCUT2D eigenvalue weighted by atomic mass is 32.1. The zero-order valence-corrected chi connectivity index (χ0v) is 20.7. The number of benzene rings is 2. The Balaban J connectivity index is 1.41. The maximum atomic E-state index is 13.1. The van der Waals surface area contributed by atoms with Gasteiger partial charge in [-0.05, 0) is 37.6 Å². The second kappa shape index (κ2) is 11.8. The summed E-state index contributed by atoms with van der Waals surface area (Å²) in [5.74, 6) is 0.136. The van der Waals surface area contributed by atoms with Gasteiger partial charge in [-0.15, -0.1) is 11.3 Å². The zero-order chi connectivity index (χ0) is 24.6. The molecule has 3 aromatic rings. The second-order valence-electron chi connectivity index (χ2n) is 8.51. The summed E-state index contributed by atoms with van der Waals surface area (Å²) in [4.78, 5) is 44.4. The van der Waals surface area contributed by atoms with Gasteiger partial charge in [-0.25, -0.2) is 4.98 Å². The van der Waals surface area contributed by atoms with Crippen molar-refractivity contribution in [1.82, 2.24) is 20.5 Å². The van der Waals surface area contributed by atoms with Crippen molar-refractivity contribution in [3.63, 3.8) is 0 Å². The van der Waals surface area contributed by atoms with Crippen LogP contribution in [0.3, 0.4) is 0 Å². The number of ether oxygens (including phenoxy) is 1. The van der Waals surface area contributed by atoms with E-state index in [1.165, 1.54) is 0 Å². The molecule has 2 N–H and O–H groups in total. The van der Waals surface area contributed by atoms with Crippen molar-refractivity contribution in [2.24, 2.45) is 0 Å². The number of nitrogens with zero attached hydrogens (tertiary/aromatic N) is 2. The predicted octanol–water partition coefficient (Wildman–Crippen LogP) is 3.08. The molecular formula is C26H30N4O4S. The molecule has 0 saturated heterocycles. The van der Waals surface area contributed by atoms with Gasteiger partial charge in [0.15, 0.2) is 0 Å². The molecule has 0 fully saturated rings. The molecule has 0 spiro atoms. The van der Waals surface area contributed by atoms with Crippen molar-refractivity contribution in [1.29, 1.82) is 0 Å². The summed E-state index contributed by atoms with van der Waals surface area (Å²) >= 11 is 1.60. The van der Waals surface area contributed by atoms with E-state index in [9.17, 15) is 14.4 Å². The van der Waals surface area contributed by atoms with E-state index in [-0.39, 0.29) is 24.3 Å². The number of carbonyl (C=O) groups is 3. The van der Waals surface area contributed by atoms with E-state index in [0.717, 1.165) is 20.8 Å². The zero-order valence-electron chi connectivity index (χ0n) is 19.8. The Morgan fingerprint density at radius 1 is 1.11 bits per heavy atom. The van der Waals surface area contributed by atoms with E-state index >= 15 is 0 Å². The van der Waals surface area contributed by atoms with E-state index in [0.29, 0.717) is 63.2 Å². The normalized spacial score (nSPS) is 15.9. The van der Waals surface area contributed by atoms with Gasteiger partial charge in [0.05, 0.1) is 27.3 Å². The summed E-state index contributed by atoms with van der Waals surface area (Å²) in [6, 6.07) is 13.4. The maximum Gasteiger partial charge on any atom is 0.255 e. The maximum absolute atomic E-state index is 13.1. The van der Waals surface area contributed by atoms with Gasteiger partial charge in [0.1, 0.15) is 12.4 Å². The number of nitrogens with one attached hydrogen (secondary N) is 2. The number of aromatic nitrogens is 1. The minimum Gasteiger partial charge on any atom is -0.491 e. The number of rotatable bonds is 3. The van der Waals surface area contributed by atoms with Crippen molar-refractivity contribution in [2.75, 3.05) is 32.8 Å². The number of hydrogen-bond acceptors (Lipinski definition) is 6. The Morgan fingerprint density at radius 2 is 1.97 bits per heavy atom. The summed E-state index contributed by atoms with van der Waals surface area (Å²) in [6.45, 7) is 3.66. The number of carbonyl (C=O) groups excluding carboxylic acids is 3. The molecule has 0 radical (unpaired) electrons. The molecule has 1 aliphatic heterocycles. The largest absolute Gasteiger partial charge is 0.491 e. The lowest BCUT2D eigenvalue weighted by Crippen LogP contribution is -2.39. The third-order valence-corrected chi connectivity index (χ3v) is 6.90. The predicted molar refractivity (Wildman–Crippen MR) is 136 cm³/mol. The number of amides is 3. The van der Waals surface area contributed by atoms with Crippen molar-refractivity contribution in [3.8, 4) is 5.75 Å². The first kappa shape index (κ1) is 24.7. The van der Waals surface area contributed by atoms with Crippen LogP contribution in [0.2, 0.25) is 0 Å². The second-order valence-corrected chi connectivity index (χ2v) is 9.63. The quantitative estimate of drug-likeness (QED) is 0.583. The Hall–Kier alpha value is -3.46. The lowest BCUT2D eigenvalue weighted by atomic mass is 10.1. The molecule has 9 heteroatoms. The van der Waals surface area contributed by atoms with Gasteiger partial charge >= 0.3 is 0 Å². The molecule has 2 heterocycles. The first-order valence-corrected chi connectivity index (χ1v) is 12.7. The fourth-order valence-electron chi connectivity index (χ4n) is 3.98. The topological polar surface area (TPSA) is 101 Å². The fourth-order valence-corrected chi connectivity index (χ4v) is 4.94. The molecule has 1 aromatic heterocycles. The minimum absolute atomic E-state index is 0.0113. The molecule has 184 valence electrons. The van der Waals surface area contributed by atoms with Gasteiger partial charge in [0.25, 0.3) is 5.91 Å². The first-order valence-electron chi connectivity index (χ1n) is 11.9. The summed E-state index contributed by atoms with van der Waals surface area (Å²) in [5.41, 5.74) is 2.34. The van der Waals surface area contributed by atoms with Crippen LogP contribution in [0, 0.1) is 6.92 Å². The van der Waals surface area contributed by atoms with Crippen LogP contribution in [0.25, 0.3) is 10.2 Å². The van der Waals surface area contributed by atoms with Crippen LogP contribution in [0.5, 0.6) is 5.75 Å². The Bertz CT molecular complexity index is 1180. The number of para-hydroxylation sites is 1. The monoisotopic (exact) mass is 494 g/mol. The highest BCUT2D eigenvalue weighted by Gasteiger charge is 2.18. The smallest absolute Gasteiger partial charge is 0.255 e. The van der Waals surface area contributed by atoms with E-state index in [1.54, 1.807) is 28.4 Å². The SMILES string of the molecule is Cc1ccc2c(c1)C(=O)NCCN(C(=O)CCc1nc3ccccc3s1)CCCC(=O)NCCO2. The highest BCUT2D eigenvalue weighted by molar-refractivity contribution is 7.18. The number of fused-ring (bicyclic) bond motifs is 2. The van der Waals surface area contributed by atoms with Crippen LogP contribution < -0.4 is 15.4 Å². The lowest BCUT2D eigenvalue weighted by molar-refractivity contribution is -0.131. The van der Waals surface area contributed by atoms with Crippen LogP contribution in [-0.2, 0) is 16.0 Å². The van der Waals surface area contributed by atoms with E-state index in [2.05, 4.69) is 15.6 Å². The molecular weight excluding hydrogens is 464 g/mol. The van der Waals surface area contributed by atoms with Gasteiger partial charge in [-0.2, -0.15) is 0 Å². The molecule has 0 unspecified atom stereocenters. The lowest BCUT2D eigenvalue weighted by Gasteiger charge is -2.23. The van der Waals surface area contributed by atoms with Crippen LogP contribution in [-0.4, -0.2) is 60.4 Å². The van der Waals surface area contributed by atoms with E-state index < -0.39 is 0 Å². The van der Waals surface area contributed by atoms with Crippen molar-refractivity contribution >= 4 is 39.3 Å². The standard InChI is InChI=1S/C26H30N4O4S/c1-18-8-9-21-19(17-18)26(33)28-12-15-30(14-4-7-23(31)27-13-16-34-21)25(32)11-10-24-29-20-5-2-3-6-22(20)35-24/h2-3,5-6,8-9,17H,4,7,10-16H2,1H3,(H,27,31)(H,28,33). The van der Waals surface area contributed by atoms with Gasteiger partial charge in [0, 0.05) is 38.9 Å². The average molecular weight is 495 g/mol. The van der Waals surface area contributed by atoms with Crippen molar-refractivity contribution in [2.45, 2.75) is 32.6 Å². The molecule has 0 aliphatic carbocycles. The molecule has 1 aliphatic rings. The highest BCUT2D eigenvalue weighted by Crippen LogP contribution is 2.23.